The lowest BCUT2D eigenvalue weighted by atomic mass is 10.1. The zero-order valence-corrected chi connectivity index (χ0v) is 20.9. The van der Waals surface area contributed by atoms with Crippen molar-refractivity contribution in [2.75, 3.05) is 12.8 Å². The summed E-state index contributed by atoms with van der Waals surface area (Å²) in [6, 6.07) is 7.45. The highest BCUT2D eigenvalue weighted by Gasteiger charge is 2.44. The number of rotatable bonds is 7. The lowest BCUT2D eigenvalue weighted by molar-refractivity contribution is -0.154. The Bertz CT molecular complexity index is 1350. The topological polar surface area (TPSA) is 90.3 Å². The molecule has 0 saturated heterocycles. The molecule has 2 aromatic heterocycles. The number of benzene rings is 2. The van der Waals surface area contributed by atoms with Crippen LogP contribution in [-0.2, 0) is 17.8 Å². The van der Waals surface area contributed by atoms with Gasteiger partial charge in [0.25, 0.3) is 0 Å². The number of nitrogens with one attached hydrogen (secondary N) is 1. The Morgan fingerprint density at radius 1 is 1.23 bits per heavy atom. The van der Waals surface area contributed by atoms with Gasteiger partial charge in [0.1, 0.15) is 10.9 Å². The molecule has 35 heavy (non-hydrogen) atoms. The summed E-state index contributed by atoms with van der Waals surface area (Å²) in [5.74, 6) is 0. The van der Waals surface area contributed by atoms with Crippen LogP contribution in [-0.4, -0.2) is 38.2 Å². The summed E-state index contributed by atoms with van der Waals surface area (Å²) in [5.41, 5.74) is 7.93. The van der Waals surface area contributed by atoms with Crippen LogP contribution < -0.4 is 10.5 Å². The standard InChI is InChI=1S/C22H22Cl2F3N5O2S/c1-31-10-13(9-29-31)16-11-32(19-6-4-3-5-15(16)19)12-20(22(25,26)27)30-35(33,34-2)21-17(24)7-14(23)8-18(21)28/h3-11,20,30,33H,12,28H2,1-2H3. The molecule has 0 aliphatic carbocycles. The highest BCUT2D eigenvalue weighted by atomic mass is 35.5. The van der Waals surface area contributed by atoms with Crippen LogP contribution in [0.5, 0.6) is 0 Å². The SMILES string of the molecule is COS(O)(NC(Cn1cc(-c2cnn(C)c2)c2ccccc21)C(F)(F)F)c1c(N)cc(Cl)cc1Cl. The largest absolute Gasteiger partial charge is 0.407 e. The highest BCUT2D eigenvalue weighted by Crippen LogP contribution is 2.56. The molecule has 0 bridgehead atoms. The summed E-state index contributed by atoms with van der Waals surface area (Å²) >= 11 is 12.1. The molecule has 2 atom stereocenters. The van der Waals surface area contributed by atoms with Crippen molar-refractivity contribution >= 4 is 50.6 Å². The van der Waals surface area contributed by atoms with Crippen molar-refractivity contribution in [3.8, 4) is 11.1 Å². The van der Waals surface area contributed by atoms with Gasteiger partial charge in [-0.2, -0.15) is 18.3 Å². The fourth-order valence-corrected chi connectivity index (χ4v) is 6.35. The number of aromatic nitrogens is 3. The van der Waals surface area contributed by atoms with Crippen LogP contribution in [0.15, 0.2) is 59.9 Å². The maximum absolute atomic E-state index is 14.3. The van der Waals surface area contributed by atoms with E-state index in [4.69, 9.17) is 33.1 Å². The number of aryl methyl sites for hydroxylation is 1. The molecule has 4 aromatic rings. The third-order valence-electron chi connectivity index (χ3n) is 5.44. The molecule has 0 spiro atoms. The van der Waals surface area contributed by atoms with Crippen LogP contribution in [0, 0.1) is 0 Å². The van der Waals surface area contributed by atoms with Crippen molar-refractivity contribution in [1.82, 2.24) is 19.1 Å². The second kappa shape index (κ2) is 9.57. The third kappa shape index (κ3) is 5.11. The monoisotopic (exact) mass is 547 g/mol. The van der Waals surface area contributed by atoms with Crippen molar-refractivity contribution in [2.24, 2.45) is 7.05 Å². The summed E-state index contributed by atoms with van der Waals surface area (Å²) < 4.78 is 64.4. The van der Waals surface area contributed by atoms with Crippen LogP contribution in [0.4, 0.5) is 18.9 Å². The van der Waals surface area contributed by atoms with Crippen LogP contribution in [0.1, 0.15) is 0 Å². The van der Waals surface area contributed by atoms with Gasteiger partial charge in [-0.05, 0) is 18.2 Å². The Hall–Kier alpha value is -2.41. The average molecular weight is 548 g/mol. The van der Waals surface area contributed by atoms with Crippen LogP contribution in [0.25, 0.3) is 22.0 Å². The van der Waals surface area contributed by atoms with E-state index < -0.39 is 29.5 Å². The number of hydrogen-bond acceptors (Lipinski definition) is 5. The maximum Gasteiger partial charge on any atom is 0.407 e. The van der Waals surface area contributed by atoms with E-state index in [0.29, 0.717) is 5.52 Å². The smallest absolute Gasteiger partial charge is 0.397 e. The number of fused-ring (bicyclic) bond motifs is 1. The van der Waals surface area contributed by atoms with Gasteiger partial charge in [-0.1, -0.05) is 41.4 Å². The van der Waals surface area contributed by atoms with Crippen molar-refractivity contribution < 1.29 is 21.9 Å². The molecule has 188 valence electrons. The van der Waals surface area contributed by atoms with Crippen molar-refractivity contribution in [3.05, 3.63) is 65.0 Å². The minimum Gasteiger partial charge on any atom is -0.397 e. The number of nitrogen functional groups attached to an aromatic ring is 1. The predicted octanol–water partition coefficient (Wildman–Crippen LogP) is 6.26. The molecule has 4 N–H and O–H groups in total. The molecule has 0 amide bonds. The van der Waals surface area contributed by atoms with E-state index in [-0.39, 0.29) is 20.6 Å². The predicted molar refractivity (Wildman–Crippen MR) is 133 cm³/mol. The molecule has 13 heteroatoms. The average Bonchev–Trinajstić information content (AvgIpc) is 3.35. The lowest BCUT2D eigenvalue weighted by Gasteiger charge is -2.41. The molecule has 0 aliphatic heterocycles. The van der Waals surface area contributed by atoms with Crippen molar-refractivity contribution in [1.29, 1.82) is 0 Å². The Morgan fingerprint density at radius 3 is 2.54 bits per heavy atom. The minimum atomic E-state index is -4.76. The number of anilines is 1. The zero-order valence-electron chi connectivity index (χ0n) is 18.6. The zero-order chi connectivity index (χ0) is 25.5. The first-order valence-corrected chi connectivity index (χ1v) is 12.5. The second-order valence-electron chi connectivity index (χ2n) is 7.83. The van der Waals surface area contributed by atoms with Gasteiger partial charge in [0.15, 0.2) is 0 Å². The number of nitrogens with zero attached hydrogens (tertiary/aromatic N) is 3. The van der Waals surface area contributed by atoms with E-state index in [0.717, 1.165) is 23.6 Å². The maximum atomic E-state index is 14.3. The van der Waals surface area contributed by atoms with Crippen LogP contribution in [0.3, 0.4) is 0 Å². The molecule has 4 rings (SSSR count). The minimum absolute atomic E-state index is 0.0967. The molecule has 0 fully saturated rings. The molecule has 2 heterocycles. The fraction of sp³-hybridized carbons (Fsp3) is 0.227. The van der Waals surface area contributed by atoms with Crippen LogP contribution >= 0.6 is 34.0 Å². The Morgan fingerprint density at radius 2 is 1.94 bits per heavy atom. The summed E-state index contributed by atoms with van der Waals surface area (Å²) in [6.07, 6.45) is 0.301. The first kappa shape index (κ1) is 25.7. The molecule has 0 saturated carbocycles. The number of halogens is 5. The Labute approximate surface area is 211 Å². The van der Waals surface area contributed by atoms with E-state index in [1.807, 2.05) is 12.1 Å². The molecular formula is C22H22Cl2F3N5O2S. The lowest BCUT2D eigenvalue weighted by Crippen LogP contribution is -2.46. The third-order valence-corrected chi connectivity index (χ3v) is 8.16. The number of nitrogens with two attached hydrogens (primary N) is 1. The molecule has 2 unspecified atom stereocenters. The first-order chi connectivity index (χ1) is 16.4. The van der Waals surface area contributed by atoms with E-state index in [1.54, 1.807) is 42.5 Å². The van der Waals surface area contributed by atoms with E-state index in [1.165, 1.54) is 16.7 Å². The number of alkyl halides is 3. The number of hydrogen-bond donors (Lipinski definition) is 3. The normalized spacial score (nSPS) is 15.8. The summed E-state index contributed by atoms with van der Waals surface area (Å²) in [5, 5.41) is 4.98. The van der Waals surface area contributed by atoms with Gasteiger partial charge >= 0.3 is 6.18 Å². The van der Waals surface area contributed by atoms with Gasteiger partial charge in [0.2, 0.25) is 0 Å². The fourth-order valence-electron chi connectivity index (χ4n) is 3.85. The number of para-hydroxylation sites is 1. The summed E-state index contributed by atoms with van der Waals surface area (Å²) in [4.78, 5) is -0.186. The van der Waals surface area contributed by atoms with E-state index in [9.17, 15) is 17.7 Å². The second-order valence-corrected chi connectivity index (χ2v) is 10.7. The van der Waals surface area contributed by atoms with Gasteiger partial charge in [-0.3, -0.25) is 13.4 Å². The molecular weight excluding hydrogens is 526 g/mol. The molecule has 2 aromatic carbocycles. The van der Waals surface area contributed by atoms with Gasteiger partial charge in [-0.25, -0.2) is 4.72 Å². The molecule has 7 nitrogen and oxygen atoms in total. The van der Waals surface area contributed by atoms with Gasteiger partial charge in [-0.15, -0.1) is 10.8 Å². The molecule has 0 aliphatic rings. The van der Waals surface area contributed by atoms with Crippen molar-refractivity contribution in [3.63, 3.8) is 0 Å². The Kier molecular flexibility index (Phi) is 7.02. The van der Waals surface area contributed by atoms with Gasteiger partial charge in [0, 0.05) is 53.0 Å². The van der Waals surface area contributed by atoms with Crippen LogP contribution in [0.2, 0.25) is 10.0 Å². The first-order valence-electron chi connectivity index (χ1n) is 10.2. The van der Waals surface area contributed by atoms with Gasteiger partial charge < -0.3 is 10.3 Å². The van der Waals surface area contributed by atoms with Gasteiger partial charge in [0.05, 0.1) is 24.0 Å². The van der Waals surface area contributed by atoms with E-state index in [2.05, 4.69) is 9.82 Å². The highest BCUT2D eigenvalue weighted by molar-refractivity contribution is 8.23. The quantitative estimate of drug-likeness (QED) is 0.237. The molecule has 0 radical (unpaired) electrons. The summed E-state index contributed by atoms with van der Waals surface area (Å²) in [6.45, 7) is -0.561. The van der Waals surface area contributed by atoms with Crippen molar-refractivity contribution in [2.45, 2.75) is 23.7 Å². The van der Waals surface area contributed by atoms with E-state index >= 15 is 0 Å². The summed E-state index contributed by atoms with van der Waals surface area (Å²) in [7, 11) is -0.910. The Balaban J connectivity index is 1.76.